The molecule has 29 heavy (non-hydrogen) atoms. The number of nitrogens with one attached hydrogen (secondary N) is 1. The molecule has 1 atom stereocenters. The van der Waals surface area contributed by atoms with E-state index >= 15 is 0 Å². The van der Waals surface area contributed by atoms with Crippen molar-refractivity contribution in [3.05, 3.63) is 58.1 Å². The molecule has 7 heteroatoms. The van der Waals surface area contributed by atoms with Crippen molar-refractivity contribution in [1.29, 1.82) is 0 Å². The van der Waals surface area contributed by atoms with E-state index < -0.39 is 18.0 Å². The number of rotatable bonds is 5. The summed E-state index contributed by atoms with van der Waals surface area (Å²) in [6.45, 7) is 6.21. The number of para-hydroxylation sites is 1. The van der Waals surface area contributed by atoms with E-state index in [1.165, 1.54) is 13.0 Å². The number of anilines is 1. The van der Waals surface area contributed by atoms with E-state index in [1.54, 1.807) is 18.2 Å². The van der Waals surface area contributed by atoms with Gasteiger partial charge in [0.1, 0.15) is 13.2 Å². The van der Waals surface area contributed by atoms with E-state index in [-0.39, 0.29) is 0 Å². The summed E-state index contributed by atoms with van der Waals surface area (Å²) in [5.41, 5.74) is 3.25. The number of aryl methyl sites for hydroxylation is 2. The van der Waals surface area contributed by atoms with Crippen molar-refractivity contribution in [3.8, 4) is 11.5 Å². The molecule has 0 fully saturated rings. The summed E-state index contributed by atoms with van der Waals surface area (Å²) in [5.74, 6) is -0.0146. The van der Waals surface area contributed by atoms with E-state index in [1.807, 2.05) is 32.0 Å². The Morgan fingerprint density at radius 2 is 1.86 bits per heavy atom. The molecule has 1 aliphatic heterocycles. The molecule has 3 rings (SSSR count). The summed E-state index contributed by atoms with van der Waals surface area (Å²) in [5, 5.41) is 3.21. The maximum absolute atomic E-state index is 12.4. The summed E-state index contributed by atoms with van der Waals surface area (Å²) in [4.78, 5) is 24.5. The molecule has 1 amide bonds. The van der Waals surface area contributed by atoms with E-state index in [4.69, 9.17) is 25.8 Å². The fraction of sp³-hybridized carbons (Fsp3) is 0.273. The number of halogens is 1. The number of hydrogen-bond donors (Lipinski definition) is 1. The number of amides is 1. The topological polar surface area (TPSA) is 73.9 Å². The number of hydrogen-bond acceptors (Lipinski definition) is 5. The van der Waals surface area contributed by atoms with Gasteiger partial charge in [0.25, 0.3) is 5.91 Å². The maximum atomic E-state index is 12.4. The zero-order chi connectivity index (χ0) is 21.0. The molecule has 0 saturated heterocycles. The predicted molar refractivity (Wildman–Crippen MR) is 112 cm³/mol. The van der Waals surface area contributed by atoms with Crippen molar-refractivity contribution < 1.29 is 23.8 Å². The zero-order valence-electron chi connectivity index (χ0n) is 16.5. The lowest BCUT2D eigenvalue weighted by atomic mass is 10.1. The predicted octanol–water partition coefficient (Wildman–Crippen LogP) is 4.31. The molecule has 1 N–H and O–H groups in total. The molecule has 0 spiro atoms. The van der Waals surface area contributed by atoms with Crippen LogP contribution in [0.1, 0.15) is 23.6 Å². The first-order chi connectivity index (χ1) is 13.8. The third-order valence-electron chi connectivity index (χ3n) is 4.42. The van der Waals surface area contributed by atoms with Gasteiger partial charge >= 0.3 is 5.97 Å². The lowest BCUT2D eigenvalue weighted by Gasteiger charge is -2.19. The van der Waals surface area contributed by atoms with Gasteiger partial charge in [0.2, 0.25) is 0 Å². The van der Waals surface area contributed by atoms with Gasteiger partial charge in [-0.05, 0) is 55.7 Å². The van der Waals surface area contributed by atoms with Gasteiger partial charge in [-0.25, -0.2) is 4.79 Å². The highest BCUT2D eigenvalue weighted by atomic mass is 35.5. The van der Waals surface area contributed by atoms with Gasteiger partial charge in [-0.2, -0.15) is 0 Å². The Kier molecular flexibility index (Phi) is 6.44. The quantitative estimate of drug-likeness (QED) is 0.581. The first-order valence-corrected chi connectivity index (χ1v) is 9.58. The summed E-state index contributed by atoms with van der Waals surface area (Å²) in [6, 6.07) is 9.11. The van der Waals surface area contributed by atoms with Crippen molar-refractivity contribution in [1.82, 2.24) is 0 Å². The number of carbonyl (C=O) groups is 2. The van der Waals surface area contributed by atoms with E-state index in [0.717, 1.165) is 16.8 Å². The average Bonchev–Trinajstić information content (AvgIpc) is 2.69. The normalized spacial score (nSPS) is 13.8. The summed E-state index contributed by atoms with van der Waals surface area (Å²) >= 11 is 6.18. The van der Waals surface area contributed by atoms with Crippen LogP contribution in [0.5, 0.6) is 11.5 Å². The maximum Gasteiger partial charge on any atom is 0.331 e. The van der Waals surface area contributed by atoms with Crippen LogP contribution in [0, 0.1) is 13.8 Å². The van der Waals surface area contributed by atoms with Crippen LogP contribution in [-0.2, 0) is 14.3 Å². The average molecular weight is 416 g/mol. The summed E-state index contributed by atoms with van der Waals surface area (Å²) in [6.07, 6.45) is 1.84. The highest BCUT2D eigenvalue weighted by Crippen LogP contribution is 2.38. The number of ether oxygens (including phenoxy) is 3. The SMILES string of the molecule is Cc1cccc(C)c1NC(=O)[C@H](C)OC(=O)/C=C/c1cc(Cl)c2c(c1)OCCO2. The molecule has 1 aliphatic rings. The Bertz CT molecular complexity index is 950. The minimum atomic E-state index is -0.949. The molecule has 0 aromatic heterocycles. The van der Waals surface area contributed by atoms with Crippen LogP contribution >= 0.6 is 11.6 Å². The molecular weight excluding hydrogens is 394 g/mol. The smallest absolute Gasteiger partial charge is 0.331 e. The highest BCUT2D eigenvalue weighted by Gasteiger charge is 2.19. The molecule has 0 radical (unpaired) electrons. The van der Waals surface area contributed by atoms with Gasteiger partial charge in [-0.3, -0.25) is 4.79 Å². The summed E-state index contributed by atoms with van der Waals surface area (Å²) in [7, 11) is 0. The summed E-state index contributed by atoms with van der Waals surface area (Å²) < 4.78 is 16.2. The Hall–Kier alpha value is -2.99. The highest BCUT2D eigenvalue weighted by molar-refractivity contribution is 6.32. The van der Waals surface area contributed by atoms with Crippen LogP contribution in [0.3, 0.4) is 0 Å². The second-order valence-corrected chi connectivity index (χ2v) is 7.10. The first kappa shape index (κ1) is 20.7. The van der Waals surface area contributed by atoms with Gasteiger partial charge < -0.3 is 19.5 Å². The largest absolute Gasteiger partial charge is 0.486 e. The number of carbonyl (C=O) groups excluding carboxylic acids is 2. The van der Waals surface area contributed by atoms with Crippen molar-refractivity contribution in [2.24, 2.45) is 0 Å². The molecule has 0 bridgehead atoms. The molecule has 0 unspecified atom stereocenters. The molecule has 1 heterocycles. The second kappa shape index (κ2) is 9.01. The molecule has 2 aromatic carbocycles. The molecule has 2 aromatic rings. The van der Waals surface area contributed by atoms with E-state index in [2.05, 4.69) is 5.32 Å². The van der Waals surface area contributed by atoms with Crippen LogP contribution < -0.4 is 14.8 Å². The van der Waals surface area contributed by atoms with Crippen LogP contribution in [0.2, 0.25) is 5.02 Å². The first-order valence-electron chi connectivity index (χ1n) is 9.20. The fourth-order valence-corrected chi connectivity index (χ4v) is 3.17. The third-order valence-corrected chi connectivity index (χ3v) is 4.70. The minimum absolute atomic E-state index is 0.397. The Morgan fingerprint density at radius 1 is 1.17 bits per heavy atom. The van der Waals surface area contributed by atoms with Gasteiger partial charge in [-0.15, -0.1) is 0 Å². The standard InChI is InChI=1S/C22H22ClNO5/c1-13-5-4-6-14(2)20(13)24-22(26)15(3)29-19(25)8-7-16-11-17(23)21-18(12-16)27-9-10-28-21/h4-8,11-12,15H,9-10H2,1-3H3,(H,24,26)/b8-7+/t15-/m0/s1. The Labute approximate surface area is 174 Å². The van der Waals surface area contributed by atoms with E-state index in [0.29, 0.717) is 35.3 Å². The molecule has 0 aliphatic carbocycles. The van der Waals surface area contributed by atoms with Gasteiger partial charge in [0.15, 0.2) is 17.6 Å². The molecule has 0 saturated carbocycles. The minimum Gasteiger partial charge on any atom is -0.486 e. The molecule has 6 nitrogen and oxygen atoms in total. The lowest BCUT2D eigenvalue weighted by molar-refractivity contribution is -0.148. The van der Waals surface area contributed by atoms with Crippen molar-refractivity contribution in [3.63, 3.8) is 0 Å². The van der Waals surface area contributed by atoms with Crippen molar-refractivity contribution in [2.75, 3.05) is 18.5 Å². The lowest BCUT2D eigenvalue weighted by Crippen LogP contribution is -2.30. The van der Waals surface area contributed by atoms with Gasteiger partial charge in [0.05, 0.1) is 5.02 Å². The van der Waals surface area contributed by atoms with Crippen molar-refractivity contribution >= 4 is 35.2 Å². The van der Waals surface area contributed by atoms with Crippen LogP contribution in [0.15, 0.2) is 36.4 Å². The van der Waals surface area contributed by atoms with Crippen LogP contribution in [0.25, 0.3) is 6.08 Å². The Morgan fingerprint density at radius 3 is 2.59 bits per heavy atom. The zero-order valence-corrected chi connectivity index (χ0v) is 17.2. The molecule has 152 valence electrons. The number of esters is 1. The van der Waals surface area contributed by atoms with Crippen LogP contribution in [0.4, 0.5) is 5.69 Å². The van der Waals surface area contributed by atoms with E-state index in [9.17, 15) is 9.59 Å². The van der Waals surface area contributed by atoms with Crippen LogP contribution in [-0.4, -0.2) is 31.2 Å². The molecular formula is C22H22ClNO5. The van der Waals surface area contributed by atoms with Gasteiger partial charge in [0, 0.05) is 11.8 Å². The number of benzene rings is 2. The van der Waals surface area contributed by atoms with Gasteiger partial charge in [-0.1, -0.05) is 29.8 Å². The monoisotopic (exact) mass is 415 g/mol. The van der Waals surface area contributed by atoms with Crippen molar-refractivity contribution in [2.45, 2.75) is 26.9 Å². The Balaban J connectivity index is 1.61. The fourth-order valence-electron chi connectivity index (χ4n) is 2.89. The third kappa shape index (κ3) is 5.09. The number of fused-ring (bicyclic) bond motifs is 1. The second-order valence-electron chi connectivity index (χ2n) is 6.70.